The Morgan fingerprint density at radius 3 is 2.57 bits per heavy atom. The number of likely N-dealkylation sites (N-methyl/N-ethyl adjacent to an activating group) is 1. The zero-order valence-electron chi connectivity index (χ0n) is 11.8. The summed E-state index contributed by atoms with van der Waals surface area (Å²) in [5, 5.41) is 3.24. The second kappa shape index (κ2) is 7.38. The van der Waals surface area contributed by atoms with Crippen LogP contribution in [0.1, 0.15) is 17.2 Å². The second-order valence-corrected chi connectivity index (χ2v) is 6.48. The van der Waals surface area contributed by atoms with Crippen molar-refractivity contribution in [1.82, 2.24) is 5.32 Å². The topological polar surface area (TPSA) is 21.3 Å². The van der Waals surface area contributed by atoms with Crippen LogP contribution in [0.5, 0.6) is 5.75 Å². The Bertz CT molecular complexity index is 613. The van der Waals surface area contributed by atoms with Gasteiger partial charge in [-0.15, -0.1) is 0 Å². The van der Waals surface area contributed by atoms with E-state index in [4.69, 9.17) is 4.74 Å². The fraction of sp³-hybridized carbons (Fsp3) is 0.250. The number of ether oxygens (including phenoxy) is 1. The first kappa shape index (κ1) is 16.5. The molecule has 5 heteroatoms. The lowest BCUT2D eigenvalue weighted by Crippen LogP contribution is -2.19. The van der Waals surface area contributed by atoms with Crippen molar-refractivity contribution in [1.29, 1.82) is 0 Å². The maximum Gasteiger partial charge on any atom is 0.124 e. The number of rotatable bonds is 5. The van der Waals surface area contributed by atoms with E-state index in [2.05, 4.69) is 37.2 Å². The molecule has 0 saturated carbocycles. The molecule has 1 N–H and O–H groups in total. The van der Waals surface area contributed by atoms with Crippen molar-refractivity contribution < 1.29 is 9.13 Å². The van der Waals surface area contributed by atoms with Gasteiger partial charge in [-0.2, -0.15) is 0 Å². The summed E-state index contributed by atoms with van der Waals surface area (Å²) in [6.07, 6.45) is 0.726. The first-order valence-electron chi connectivity index (χ1n) is 6.49. The first-order chi connectivity index (χ1) is 10.0. The number of hydrogen-bond donors (Lipinski definition) is 1. The van der Waals surface area contributed by atoms with Gasteiger partial charge in [-0.1, -0.05) is 31.9 Å². The van der Waals surface area contributed by atoms with Crippen LogP contribution in [0, 0.1) is 5.82 Å². The summed E-state index contributed by atoms with van der Waals surface area (Å²) in [5.74, 6) is 0.563. The van der Waals surface area contributed by atoms with Gasteiger partial charge in [0, 0.05) is 15.0 Å². The Labute approximate surface area is 141 Å². The van der Waals surface area contributed by atoms with Crippen molar-refractivity contribution in [3.05, 3.63) is 62.3 Å². The normalized spacial score (nSPS) is 12.2. The van der Waals surface area contributed by atoms with Gasteiger partial charge < -0.3 is 10.1 Å². The third-order valence-electron chi connectivity index (χ3n) is 3.31. The van der Waals surface area contributed by atoms with Crippen LogP contribution in [0.4, 0.5) is 4.39 Å². The fourth-order valence-corrected chi connectivity index (χ4v) is 3.11. The van der Waals surface area contributed by atoms with E-state index in [-0.39, 0.29) is 11.9 Å². The third-order valence-corrected chi connectivity index (χ3v) is 4.54. The molecule has 21 heavy (non-hydrogen) atoms. The lowest BCUT2D eigenvalue weighted by atomic mass is 9.99. The van der Waals surface area contributed by atoms with Crippen LogP contribution < -0.4 is 10.1 Å². The molecule has 0 bridgehead atoms. The van der Waals surface area contributed by atoms with E-state index in [1.165, 1.54) is 6.07 Å². The van der Waals surface area contributed by atoms with Gasteiger partial charge in [0.1, 0.15) is 11.6 Å². The smallest absolute Gasteiger partial charge is 0.124 e. The molecule has 0 spiro atoms. The molecule has 0 aliphatic heterocycles. The van der Waals surface area contributed by atoms with Gasteiger partial charge in [-0.25, -0.2) is 4.39 Å². The van der Waals surface area contributed by atoms with Crippen LogP contribution in [0.15, 0.2) is 45.3 Å². The summed E-state index contributed by atoms with van der Waals surface area (Å²) < 4.78 is 20.6. The summed E-state index contributed by atoms with van der Waals surface area (Å²) in [6, 6.07) is 10.8. The van der Waals surface area contributed by atoms with Gasteiger partial charge in [0.25, 0.3) is 0 Å². The molecule has 0 fully saturated rings. The maximum absolute atomic E-state index is 13.6. The summed E-state index contributed by atoms with van der Waals surface area (Å²) in [7, 11) is 3.52. The van der Waals surface area contributed by atoms with Crippen molar-refractivity contribution >= 4 is 31.9 Å². The zero-order valence-corrected chi connectivity index (χ0v) is 15.0. The number of halogens is 3. The lowest BCUT2D eigenvalue weighted by Gasteiger charge is -2.18. The number of benzene rings is 2. The number of nitrogens with one attached hydrogen (secondary N) is 1. The largest absolute Gasteiger partial charge is 0.497 e. The molecule has 112 valence electrons. The predicted molar refractivity (Wildman–Crippen MR) is 90.3 cm³/mol. The van der Waals surface area contributed by atoms with Gasteiger partial charge in [0.2, 0.25) is 0 Å². The molecule has 2 aromatic rings. The highest BCUT2D eigenvalue weighted by molar-refractivity contribution is 9.10. The molecule has 0 saturated heterocycles. The predicted octanol–water partition coefficient (Wildman–Crippen LogP) is 4.86. The van der Waals surface area contributed by atoms with E-state index < -0.39 is 0 Å². The zero-order chi connectivity index (χ0) is 15.4. The summed E-state index contributed by atoms with van der Waals surface area (Å²) in [6.45, 7) is 0. The molecule has 0 aliphatic carbocycles. The van der Waals surface area contributed by atoms with Crippen LogP contribution in [-0.4, -0.2) is 14.2 Å². The van der Waals surface area contributed by atoms with E-state index in [1.54, 1.807) is 13.2 Å². The van der Waals surface area contributed by atoms with E-state index >= 15 is 0 Å². The first-order valence-corrected chi connectivity index (χ1v) is 8.07. The van der Waals surface area contributed by atoms with Crippen LogP contribution in [-0.2, 0) is 6.42 Å². The molecule has 0 aromatic heterocycles. The van der Waals surface area contributed by atoms with Crippen molar-refractivity contribution in [2.45, 2.75) is 12.5 Å². The van der Waals surface area contributed by atoms with Crippen LogP contribution in [0.2, 0.25) is 0 Å². The molecule has 0 amide bonds. The maximum atomic E-state index is 13.6. The average molecular weight is 417 g/mol. The minimum Gasteiger partial charge on any atom is -0.497 e. The molecular weight excluding hydrogens is 401 g/mol. The quantitative estimate of drug-likeness (QED) is 0.751. The molecule has 2 aromatic carbocycles. The highest BCUT2D eigenvalue weighted by atomic mass is 79.9. The van der Waals surface area contributed by atoms with Gasteiger partial charge in [-0.3, -0.25) is 0 Å². The number of hydrogen-bond acceptors (Lipinski definition) is 2. The summed E-state index contributed by atoms with van der Waals surface area (Å²) in [4.78, 5) is 0. The molecular formula is C16H16Br2FNO. The van der Waals surface area contributed by atoms with Crippen molar-refractivity contribution in [2.75, 3.05) is 14.2 Å². The Balaban J connectivity index is 2.30. The molecule has 0 aliphatic rings. The molecule has 2 nitrogen and oxygen atoms in total. The van der Waals surface area contributed by atoms with E-state index in [9.17, 15) is 4.39 Å². The summed E-state index contributed by atoms with van der Waals surface area (Å²) in [5.41, 5.74) is 2.01. The van der Waals surface area contributed by atoms with Gasteiger partial charge in [0.05, 0.1) is 7.11 Å². The lowest BCUT2D eigenvalue weighted by molar-refractivity contribution is 0.413. The Kier molecular flexibility index (Phi) is 5.79. The minimum atomic E-state index is -0.246. The second-order valence-electron chi connectivity index (χ2n) is 4.71. The van der Waals surface area contributed by atoms with Crippen LogP contribution >= 0.6 is 31.9 Å². The monoisotopic (exact) mass is 415 g/mol. The van der Waals surface area contributed by atoms with Gasteiger partial charge >= 0.3 is 0 Å². The van der Waals surface area contributed by atoms with Crippen LogP contribution in [0.25, 0.3) is 0 Å². The Hall–Kier alpha value is -0.910. The van der Waals surface area contributed by atoms with E-state index in [1.807, 2.05) is 31.3 Å². The molecule has 0 radical (unpaired) electrons. The Morgan fingerprint density at radius 1 is 1.19 bits per heavy atom. The van der Waals surface area contributed by atoms with Crippen molar-refractivity contribution in [3.63, 3.8) is 0 Å². The van der Waals surface area contributed by atoms with Crippen LogP contribution in [0.3, 0.4) is 0 Å². The molecule has 1 unspecified atom stereocenters. The standard InChI is InChI=1S/C16H16Br2FNO/c1-20-16(11-5-12(17)9-13(19)6-11)8-10-7-14(21-2)3-4-15(10)18/h3-7,9,16,20H,8H2,1-2H3. The number of methoxy groups -OCH3 is 1. The molecule has 0 heterocycles. The highest BCUT2D eigenvalue weighted by Crippen LogP contribution is 2.28. The fourth-order valence-electron chi connectivity index (χ4n) is 2.22. The van der Waals surface area contributed by atoms with Gasteiger partial charge in [0.15, 0.2) is 0 Å². The SMILES string of the molecule is CNC(Cc1cc(OC)ccc1Br)c1cc(F)cc(Br)c1. The third kappa shape index (κ3) is 4.28. The summed E-state index contributed by atoms with van der Waals surface area (Å²) >= 11 is 6.89. The molecule has 2 rings (SSSR count). The van der Waals surface area contributed by atoms with Crippen molar-refractivity contribution in [2.24, 2.45) is 0 Å². The minimum absolute atomic E-state index is 0.0143. The Morgan fingerprint density at radius 2 is 1.95 bits per heavy atom. The van der Waals surface area contributed by atoms with E-state index in [0.29, 0.717) is 0 Å². The molecule has 1 atom stereocenters. The van der Waals surface area contributed by atoms with E-state index in [0.717, 1.165) is 32.2 Å². The highest BCUT2D eigenvalue weighted by Gasteiger charge is 2.14. The average Bonchev–Trinajstić information content (AvgIpc) is 2.45. The van der Waals surface area contributed by atoms with Gasteiger partial charge in [-0.05, 0) is 61.0 Å². The van der Waals surface area contributed by atoms with Crippen molar-refractivity contribution in [3.8, 4) is 5.75 Å².